The summed E-state index contributed by atoms with van der Waals surface area (Å²) in [5.41, 5.74) is 7.16. The summed E-state index contributed by atoms with van der Waals surface area (Å²) < 4.78 is 5.86. The predicted octanol–water partition coefficient (Wildman–Crippen LogP) is 2.47. The molecule has 2 N–H and O–H groups in total. The molecule has 0 radical (unpaired) electrons. The third kappa shape index (κ3) is 3.33. The van der Waals surface area contributed by atoms with E-state index in [0.717, 1.165) is 19.4 Å². The maximum atomic E-state index is 5.91. The second-order valence-corrected chi connectivity index (χ2v) is 4.35. The number of hydrogen-bond donors (Lipinski definition) is 1. The molecule has 0 saturated heterocycles. The molecule has 82 valence electrons. The van der Waals surface area contributed by atoms with Crippen LogP contribution in [0.4, 0.5) is 0 Å². The van der Waals surface area contributed by atoms with Gasteiger partial charge in [-0.1, -0.05) is 30.3 Å². The summed E-state index contributed by atoms with van der Waals surface area (Å²) in [5, 5.41) is 0. The Morgan fingerprint density at radius 3 is 2.73 bits per heavy atom. The molecule has 2 rings (SSSR count). The van der Waals surface area contributed by atoms with Gasteiger partial charge in [0.2, 0.25) is 0 Å². The van der Waals surface area contributed by atoms with Crippen LogP contribution in [0.1, 0.15) is 31.2 Å². The largest absolute Gasteiger partial charge is 0.373 e. The average Bonchev–Trinajstić information content (AvgIpc) is 2.28. The van der Waals surface area contributed by atoms with Crippen molar-refractivity contribution in [2.24, 2.45) is 5.73 Å². The van der Waals surface area contributed by atoms with Gasteiger partial charge in [-0.05, 0) is 31.2 Å². The zero-order valence-electron chi connectivity index (χ0n) is 9.06. The second kappa shape index (κ2) is 5.29. The Morgan fingerprint density at radius 2 is 2.00 bits per heavy atom. The second-order valence-electron chi connectivity index (χ2n) is 4.35. The molecule has 0 unspecified atom stereocenters. The first-order valence-corrected chi connectivity index (χ1v) is 5.75. The van der Waals surface area contributed by atoms with Crippen molar-refractivity contribution in [2.75, 3.05) is 0 Å². The van der Waals surface area contributed by atoms with Gasteiger partial charge >= 0.3 is 0 Å². The molecule has 1 saturated carbocycles. The van der Waals surface area contributed by atoms with Gasteiger partial charge in [0.15, 0.2) is 0 Å². The van der Waals surface area contributed by atoms with Crippen LogP contribution in [0.15, 0.2) is 30.3 Å². The van der Waals surface area contributed by atoms with E-state index in [2.05, 4.69) is 12.1 Å². The number of benzene rings is 1. The van der Waals surface area contributed by atoms with Gasteiger partial charge in [0, 0.05) is 6.04 Å². The predicted molar refractivity (Wildman–Crippen MR) is 61.5 cm³/mol. The SMILES string of the molecule is N[C@@H]1CCC[C@@H](OCc2ccccc2)C1. The average molecular weight is 205 g/mol. The van der Waals surface area contributed by atoms with Crippen molar-refractivity contribution in [3.8, 4) is 0 Å². The van der Waals surface area contributed by atoms with Crippen LogP contribution in [0.3, 0.4) is 0 Å². The van der Waals surface area contributed by atoms with Crippen LogP contribution in [0, 0.1) is 0 Å². The van der Waals surface area contributed by atoms with Crippen LogP contribution in [-0.2, 0) is 11.3 Å². The highest BCUT2D eigenvalue weighted by molar-refractivity contribution is 5.13. The van der Waals surface area contributed by atoms with E-state index in [1.165, 1.54) is 18.4 Å². The Hall–Kier alpha value is -0.860. The minimum Gasteiger partial charge on any atom is -0.373 e. The fourth-order valence-electron chi connectivity index (χ4n) is 2.12. The monoisotopic (exact) mass is 205 g/mol. The van der Waals surface area contributed by atoms with Crippen molar-refractivity contribution >= 4 is 0 Å². The molecule has 1 fully saturated rings. The number of hydrogen-bond acceptors (Lipinski definition) is 2. The zero-order chi connectivity index (χ0) is 10.5. The molecule has 1 aliphatic carbocycles. The van der Waals surface area contributed by atoms with E-state index < -0.39 is 0 Å². The summed E-state index contributed by atoms with van der Waals surface area (Å²) in [6, 6.07) is 10.7. The summed E-state index contributed by atoms with van der Waals surface area (Å²) in [6.45, 7) is 0.720. The lowest BCUT2D eigenvalue weighted by molar-refractivity contribution is 0.0122. The van der Waals surface area contributed by atoms with Crippen molar-refractivity contribution in [3.05, 3.63) is 35.9 Å². The Balaban J connectivity index is 1.78. The number of rotatable bonds is 3. The minimum atomic E-state index is 0.347. The minimum absolute atomic E-state index is 0.347. The molecule has 1 aliphatic rings. The highest BCUT2D eigenvalue weighted by atomic mass is 16.5. The number of nitrogens with two attached hydrogens (primary N) is 1. The van der Waals surface area contributed by atoms with Gasteiger partial charge in [-0.25, -0.2) is 0 Å². The quantitative estimate of drug-likeness (QED) is 0.822. The van der Waals surface area contributed by atoms with Crippen LogP contribution in [0.2, 0.25) is 0 Å². The van der Waals surface area contributed by atoms with E-state index in [9.17, 15) is 0 Å². The molecule has 1 aromatic rings. The summed E-state index contributed by atoms with van der Waals surface area (Å²) in [6.07, 6.45) is 4.92. The van der Waals surface area contributed by atoms with Crippen molar-refractivity contribution in [3.63, 3.8) is 0 Å². The molecule has 2 heteroatoms. The van der Waals surface area contributed by atoms with Gasteiger partial charge in [0.05, 0.1) is 12.7 Å². The van der Waals surface area contributed by atoms with Crippen LogP contribution < -0.4 is 5.73 Å². The molecule has 0 aromatic heterocycles. The van der Waals surface area contributed by atoms with E-state index in [0.29, 0.717) is 12.1 Å². The molecule has 0 amide bonds. The maximum Gasteiger partial charge on any atom is 0.0720 e. The van der Waals surface area contributed by atoms with Crippen molar-refractivity contribution in [2.45, 2.75) is 44.4 Å². The van der Waals surface area contributed by atoms with E-state index in [1.54, 1.807) is 0 Å². The van der Waals surface area contributed by atoms with Crippen LogP contribution >= 0.6 is 0 Å². The fourth-order valence-corrected chi connectivity index (χ4v) is 2.12. The Kier molecular flexibility index (Phi) is 3.75. The molecule has 0 heterocycles. The van der Waals surface area contributed by atoms with Gasteiger partial charge in [0.25, 0.3) is 0 Å². The highest BCUT2D eigenvalue weighted by Gasteiger charge is 2.19. The van der Waals surface area contributed by atoms with Crippen LogP contribution in [-0.4, -0.2) is 12.1 Å². The molecule has 0 bridgehead atoms. The molecule has 0 spiro atoms. The van der Waals surface area contributed by atoms with Gasteiger partial charge in [-0.2, -0.15) is 0 Å². The Bertz CT molecular complexity index is 286. The van der Waals surface area contributed by atoms with Crippen LogP contribution in [0.25, 0.3) is 0 Å². The topological polar surface area (TPSA) is 35.2 Å². The maximum absolute atomic E-state index is 5.91. The first kappa shape index (κ1) is 10.7. The fraction of sp³-hybridized carbons (Fsp3) is 0.538. The molecular formula is C13H19NO. The van der Waals surface area contributed by atoms with E-state index in [-0.39, 0.29) is 0 Å². The van der Waals surface area contributed by atoms with E-state index >= 15 is 0 Å². The molecule has 2 atom stereocenters. The van der Waals surface area contributed by atoms with Gasteiger partial charge < -0.3 is 10.5 Å². The normalized spacial score (nSPS) is 26.5. The standard InChI is InChI=1S/C13H19NO/c14-12-7-4-8-13(9-12)15-10-11-5-2-1-3-6-11/h1-3,5-6,12-13H,4,7-10,14H2/t12-,13-/m1/s1. The first-order valence-electron chi connectivity index (χ1n) is 5.75. The lowest BCUT2D eigenvalue weighted by Crippen LogP contribution is -2.32. The number of ether oxygens (including phenoxy) is 1. The lowest BCUT2D eigenvalue weighted by atomic mass is 9.93. The summed E-state index contributed by atoms with van der Waals surface area (Å²) in [4.78, 5) is 0. The summed E-state index contributed by atoms with van der Waals surface area (Å²) >= 11 is 0. The van der Waals surface area contributed by atoms with Gasteiger partial charge in [0.1, 0.15) is 0 Å². The lowest BCUT2D eigenvalue weighted by Gasteiger charge is -2.26. The van der Waals surface area contributed by atoms with Gasteiger partial charge in [-0.15, -0.1) is 0 Å². The van der Waals surface area contributed by atoms with Crippen LogP contribution in [0.5, 0.6) is 0 Å². The Morgan fingerprint density at radius 1 is 1.20 bits per heavy atom. The van der Waals surface area contributed by atoms with Gasteiger partial charge in [-0.3, -0.25) is 0 Å². The molecular weight excluding hydrogens is 186 g/mol. The van der Waals surface area contributed by atoms with Crippen molar-refractivity contribution in [1.82, 2.24) is 0 Å². The third-order valence-corrected chi connectivity index (χ3v) is 3.00. The molecule has 2 nitrogen and oxygen atoms in total. The molecule has 1 aromatic carbocycles. The zero-order valence-corrected chi connectivity index (χ0v) is 9.06. The third-order valence-electron chi connectivity index (χ3n) is 3.00. The summed E-state index contributed by atoms with van der Waals surface area (Å²) in [7, 11) is 0. The van der Waals surface area contributed by atoms with E-state index in [4.69, 9.17) is 10.5 Å². The Labute approximate surface area is 91.4 Å². The highest BCUT2D eigenvalue weighted by Crippen LogP contribution is 2.20. The van der Waals surface area contributed by atoms with E-state index in [1.807, 2.05) is 18.2 Å². The van der Waals surface area contributed by atoms with Crippen molar-refractivity contribution < 1.29 is 4.74 Å². The smallest absolute Gasteiger partial charge is 0.0720 e. The summed E-state index contributed by atoms with van der Waals surface area (Å²) in [5.74, 6) is 0. The first-order chi connectivity index (χ1) is 7.34. The molecule has 15 heavy (non-hydrogen) atoms. The molecule has 0 aliphatic heterocycles. The van der Waals surface area contributed by atoms with Crippen molar-refractivity contribution in [1.29, 1.82) is 0 Å².